The number of hydrogen-bond donors (Lipinski definition) is 0. The molecule has 2 bridgehead atoms. The van der Waals surface area contributed by atoms with Crippen LogP contribution >= 0.6 is 0 Å². The monoisotopic (exact) mass is 311 g/mol. The van der Waals surface area contributed by atoms with Crippen LogP contribution in [0.1, 0.15) is 30.4 Å². The smallest absolute Gasteiger partial charge is 0.133 e. The molecule has 4 rings (SSSR count). The van der Waals surface area contributed by atoms with Crippen molar-refractivity contribution in [1.29, 1.82) is 0 Å². The number of nitrogens with zero attached hydrogens (tertiary/aromatic N) is 1. The van der Waals surface area contributed by atoms with Gasteiger partial charge in [0, 0.05) is 24.2 Å². The Bertz CT molecular complexity index is 718. The van der Waals surface area contributed by atoms with Crippen LogP contribution in [0.15, 0.2) is 54.6 Å². The first kappa shape index (κ1) is 14.6. The van der Waals surface area contributed by atoms with Gasteiger partial charge in [0.15, 0.2) is 0 Å². The summed E-state index contributed by atoms with van der Waals surface area (Å²) in [6.07, 6.45) is 4.96. The van der Waals surface area contributed by atoms with Crippen molar-refractivity contribution in [2.24, 2.45) is 0 Å². The summed E-state index contributed by atoms with van der Waals surface area (Å²) >= 11 is 0. The number of hydrogen-bond acceptors (Lipinski definition) is 1. The van der Waals surface area contributed by atoms with Crippen molar-refractivity contribution in [3.63, 3.8) is 0 Å². The van der Waals surface area contributed by atoms with Gasteiger partial charge >= 0.3 is 0 Å². The van der Waals surface area contributed by atoms with Gasteiger partial charge in [-0.15, -0.1) is 0 Å². The molecular formula is C20H19F2N. The zero-order chi connectivity index (χ0) is 15.8. The van der Waals surface area contributed by atoms with E-state index in [-0.39, 0.29) is 11.6 Å². The molecule has 23 heavy (non-hydrogen) atoms. The summed E-state index contributed by atoms with van der Waals surface area (Å²) in [6, 6.07) is 15.2. The van der Waals surface area contributed by atoms with Crippen LogP contribution in [0.25, 0.3) is 5.57 Å². The third-order valence-corrected chi connectivity index (χ3v) is 5.03. The fourth-order valence-electron chi connectivity index (χ4n) is 3.95. The predicted molar refractivity (Wildman–Crippen MR) is 87.7 cm³/mol. The highest BCUT2D eigenvalue weighted by atomic mass is 19.1. The summed E-state index contributed by atoms with van der Waals surface area (Å²) in [4.78, 5) is 2.47. The van der Waals surface area contributed by atoms with Crippen LogP contribution in [0, 0.1) is 11.6 Å². The van der Waals surface area contributed by atoms with Crippen molar-refractivity contribution in [3.05, 3.63) is 77.4 Å². The molecule has 0 aromatic heterocycles. The fraction of sp³-hybridized carbons (Fsp3) is 0.300. The van der Waals surface area contributed by atoms with Crippen molar-refractivity contribution < 1.29 is 8.78 Å². The lowest BCUT2D eigenvalue weighted by atomic mass is 9.93. The van der Waals surface area contributed by atoms with Crippen LogP contribution in [0.5, 0.6) is 0 Å². The molecule has 2 aromatic carbocycles. The summed E-state index contributed by atoms with van der Waals surface area (Å²) in [7, 11) is 0. The maximum Gasteiger partial charge on any atom is 0.133 e. The summed E-state index contributed by atoms with van der Waals surface area (Å²) in [5.74, 6) is -0.903. The Morgan fingerprint density at radius 3 is 2.35 bits per heavy atom. The Kier molecular flexibility index (Phi) is 3.74. The van der Waals surface area contributed by atoms with E-state index in [2.05, 4.69) is 35.2 Å². The topological polar surface area (TPSA) is 3.24 Å². The molecule has 1 nitrogen and oxygen atoms in total. The van der Waals surface area contributed by atoms with Gasteiger partial charge in [-0.05, 0) is 42.5 Å². The molecule has 0 N–H and O–H groups in total. The van der Waals surface area contributed by atoms with Crippen LogP contribution < -0.4 is 0 Å². The van der Waals surface area contributed by atoms with Crippen molar-refractivity contribution in [3.8, 4) is 0 Å². The minimum Gasteiger partial charge on any atom is -0.289 e. The second-order valence-electron chi connectivity index (χ2n) is 6.45. The normalized spacial score (nSPS) is 23.8. The molecule has 3 heteroatoms. The number of benzene rings is 2. The number of fused-ring (bicyclic) bond motifs is 2. The molecule has 0 spiro atoms. The molecular weight excluding hydrogens is 292 g/mol. The first-order valence-electron chi connectivity index (χ1n) is 8.17. The second-order valence-corrected chi connectivity index (χ2v) is 6.45. The average molecular weight is 311 g/mol. The molecule has 0 radical (unpaired) electrons. The molecule has 1 saturated heterocycles. The first-order chi connectivity index (χ1) is 11.2. The van der Waals surface area contributed by atoms with E-state index in [9.17, 15) is 8.78 Å². The van der Waals surface area contributed by atoms with E-state index in [1.165, 1.54) is 23.8 Å². The van der Waals surface area contributed by atoms with Gasteiger partial charge in [-0.1, -0.05) is 42.5 Å². The van der Waals surface area contributed by atoms with Gasteiger partial charge in [-0.25, -0.2) is 8.78 Å². The van der Waals surface area contributed by atoms with Crippen LogP contribution in [0.4, 0.5) is 8.78 Å². The molecule has 2 atom stereocenters. The third-order valence-electron chi connectivity index (χ3n) is 5.03. The Hall–Kier alpha value is -2.00. The average Bonchev–Trinajstić information content (AvgIpc) is 2.78. The SMILES string of the molecule is Fc1cccc(F)c1C1=CC2CCC(C1)N2Cc1ccccc1. The molecule has 2 heterocycles. The molecule has 118 valence electrons. The Morgan fingerprint density at radius 2 is 1.65 bits per heavy atom. The Labute approximate surface area is 135 Å². The van der Waals surface area contributed by atoms with E-state index >= 15 is 0 Å². The van der Waals surface area contributed by atoms with E-state index < -0.39 is 11.6 Å². The van der Waals surface area contributed by atoms with E-state index in [4.69, 9.17) is 0 Å². The zero-order valence-corrected chi connectivity index (χ0v) is 12.9. The number of halogens is 2. The Morgan fingerprint density at radius 1 is 0.913 bits per heavy atom. The van der Waals surface area contributed by atoms with E-state index in [0.29, 0.717) is 6.04 Å². The predicted octanol–water partition coefficient (Wildman–Crippen LogP) is 4.79. The van der Waals surface area contributed by atoms with Gasteiger partial charge in [0.1, 0.15) is 11.6 Å². The van der Waals surface area contributed by atoms with Gasteiger partial charge in [0.05, 0.1) is 0 Å². The van der Waals surface area contributed by atoms with Crippen molar-refractivity contribution in [2.75, 3.05) is 0 Å². The van der Waals surface area contributed by atoms with Gasteiger partial charge in [-0.2, -0.15) is 0 Å². The lowest BCUT2D eigenvalue weighted by Gasteiger charge is -2.34. The molecule has 2 aliphatic heterocycles. The van der Waals surface area contributed by atoms with E-state index in [1.54, 1.807) is 0 Å². The fourth-order valence-corrected chi connectivity index (χ4v) is 3.95. The molecule has 2 aromatic rings. The first-order valence-corrected chi connectivity index (χ1v) is 8.17. The van der Waals surface area contributed by atoms with E-state index in [1.807, 2.05) is 6.07 Å². The van der Waals surface area contributed by atoms with Crippen LogP contribution in [0.3, 0.4) is 0 Å². The summed E-state index contributed by atoms with van der Waals surface area (Å²) in [5.41, 5.74) is 2.29. The molecule has 0 aliphatic carbocycles. The summed E-state index contributed by atoms with van der Waals surface area (Å²) in [6.45, 7) is 0.902. The number of rotatable bonds is 3. The van der Waals surface area contributed by atoms with Crippen molar-refractivity contribution in [1.82, 2.24) is 4.90 Å². The standard InChI is InChI=1S/C20H19F2N/c21-18-7-4-8-19(22)20(18)15-11-16-9-10-17(12-15)23(16)13-14-5-2-1-3-6-14/h1-8,11,16-17H,9-10,12-13H2. The van der Waals surface area contributed by atoms with E-state index in [0.717, 1.165) is 31.4 Å². The molecule has 0 saturated carbocycles. The van der Waals surface area contributed by atoms with Crippen LogP contribution in [0.2, 0.25) is 0 Å². The molecule has 1 fully saturated rings. The van der Waals surface area contributed by atoms with Crippen LogP contribution in [-0.2, 0) is 6.54 Å². The van der Waals surface area contributed by atoms with Crippen molar-refractivity contribution >= 4 is 5.57 Å². The third kappa shape index (κ3) is 2.70. The maximum absolute atomic E-state index is 14.1. The summed E-state index contributed by atoms with van der Waals surface area (Å²) in [5, 5.41) is 0. The van der Waals surface area contributed by atoms with Gasteiger partial charge in [-0.3, -0.25) is 4.90 Å². The highest BCUT2D eigenvalue weighted by Crippen LogP contribution is 2.40. The van der Waals surface area contributed by atoms with Gasteiger partial charge < -0.3 is 0 Å². The van der Waals surface area contributed by atoms with Crippen LogP contribution in [-0.4, -0.2) is 17.0 Å². The molecule has 2 unspecified atom stereocenters. The minimum absolute atomic E-state index is 0.170. The highest BCUT2D eigenvalue weighted by Gasteiger charge is 2.37. The highest BCUT2D eigenvalue weighted by molar-refractivity contribution is 5.69. The minimum atomic E-state index is -0.452. The quantitative estimate of drug-likeness (QED) is 0.788. The second kappa shape index (κ2) is 5.89. The lowest BCUT2D eigenvalue weighted by Crippen LogP contribution is -2.37. The summed E-state index contributed by atoms with van der Waals surface area (Å²) < 4.78 is 28.1. The Balaban J connectivity index is 1.62. The zero-order valence-electron chi connectivity index (χ0n) is 12.9. The maximum atomic E-state index is 14.1. The lowest BCUT2D eigenvalue weighted by molar-refractivity contribution is 0.203. The molecule has 2 aliphatic rings. The van der Waals surface area contributed by atoms with Gasteiger partial charge in [0.2, 0.25) is 0 Å². The van der Waals surface area contributed by atoms with Crippen molar-refractivity contribution in [2.45, 2.75) is 37.9 Å². The molecule has 0 amide bonds. The van der Waals surface area contributed by atoms with Gasteiger partial charge in [0.25, 0.3) is 0 Å². The largest absolute Gasteiger partial charge is 0.289 e.